The van der Waals surface area contributed by atoms with E-state index < -0.39 is 0 Å². The second-order valence-electron chi connectivity index (χ2n) is 6.36. The van der Waals surface area contributed by atoms with Crippen molar-refractivity contribution in [2.75, 3.05) is 20.6 Å². The highest BCUT2D eigenvalue weighted by molar-refractivity contribution is 5.80. The zero-order valence-corrected chi connectivity index (χ0v) is 15.3. The second-order valence-corrected chi connectivity index (χ2v) is 6.36. The third kappa shape index (κ3) is 4.05. The molecule has 2 heterocycles. The lowest BCUT2D eigenvalue weighted by atomic mass is 10.2. The van der Waals surface area contributed by atoms with Crippen molar-refractivity contribution < 1.29 is 0 Å². The van der Waals surface area contributed by atoms with Crippen molar-refractivity contribution >= 4 is 16.9 Å². The molecule has 3 aromatic rings. The molecular weight excluding hydrogens is 310 g/mol. The lowest BCUT2D eigenvalue weighted by Gasteiger charge is -2.22. The first-order valence-corrected chi connectivity index (χ1v) is 8.75. The minimum absolute atomic E-state index is 0.839. The topological polar surface area (TPSA) is 37.5 Å². The number of rotatable bonds is 6. The molecule has 0 atom stereocenters. The normalized spacial score (nSPS) is 11.9. The summed E-state index contributed by atoms with van der Waals surface area (Å²) in [6.07, 6.45) is 5.29. The van der Waals surface area contributed by atoms with Crippen LogP contribution in [0.15, 0.2) is 59.9 Å². The SMILES string of the molecule is CN=C(NCCCn1ccc2ccccc21)N(C)Cc1cccn1C. The van der Waals surface area contributed by atoms with Crippen LogP contribution in [0, 0.1) is 0 Å². The summed E-state index contributed by atoms with van der Waals surface area (Å²) in [4.78, 5) is 6.55. The van der Waals surface area contributed by atoms with E-state index in [0.717, 1.165) is 32.0 Å². The quantitative estimate of drug-likeness (QED) is 0.426. The van der Waals surface area contributed by atoms with Gasteiger partial charge in [-0.2, -0.15) is 0 Å². The summed E-state index contributed by atoms with van der Waals surface area (Å²) in [5.74, 6) is 0.929. The molecule has 0 radical (unpaired) electrons. The van der Waals surface area contributed by atoms with Crippen LogP contribution in [0.4, 0.5) is 0 Å². The number of aryl methyl sites for hydroxylation is 2. The number of benzene rings is 1. The van der Waals surface area contributed by atoms with Crippen LogP contribution in [0.25, 0.3) is 10.9 Å². The summed E-state index contributed by atoms with van der Waals surface area (Å²) < 4.78 is 4.45. The maximum Gasteiger partial charge on any atom is 0.193 e. The fourth-order valence-corrected chi connectivity index (χ4v) is 3.15. The van der Waals surface area contributed by atoms with Crippen LogP contribution in [0.5, 0.6) is 0 Å². The molecule has 0 amide bonds. The number of fused-ring (bicyclic) bond motifs is 1. The summed E-state index contributed by atoms with van der Waals surface area (Å²) in [5, 5.41) is 4.76. The summed E-state index contributed by atoms with van der Waals surface area (Å²) in [6.45, 7) is 2.74. The average molecular weight is 337 g/mol. The number of aromatic nitrogens is 2. The molecule has 0 saturated carbocycles. The fourth-order valence-electron chi connectivity index (χ4n) is 3.15. The largest absolute Gasteiger partial charge is 0.356 e. The zero-order valence-electron chi connectivity index (χ0n) is 15.3. The fraction of sp³-hybridized carbons (Fsp3) is 0.350. The lowest BCUT2D eigenvalue weighted by molar-refractivity contribution is 0.459. The van der Waals surface area contributed by atoms with Gasteiger partial charge < -0.3 is 19.4 Å². The number of para-hydroxylation sites is 1. The molecule has 0 fully saturated rings. The Bertz CT molecular complexity index is 843. The van der Waals surface area contributed by atoms with Gasteiger partial charge in [0, 0.05) is 57.8 Å². The number of aliphatic imine (C=N–C) groups is 1. The zero-order chi connectivity index (χ0) is 17.6. The molecule has 0 bridgehead atoms. The Morgan fingerprint density at radius 2 is 1.96 bits per heavy atom. The number of hydrogen-bond donors (Lipinski definition) is 1. The third-order valence-electron chi connectivity index (χ3n) is 4.56. The molecule has 0 aliphatic carbocycles. The highest BCUT2D eigenvalue weighted by atomic mass is 15.3. The Labute approximate surface area is 149 Å². The van der Waals surface area contributed by atoms with Crippen LogP contribution in [0.2, 0.25) is 0 Å². The van der Waals surface area contributed by atoms with Crippen molar-refractivity contribution in [3.63, 3.8) is 0 Å². The maximum absolute atomic E-state index is 4.40. The molecule has 5 nitrogen and oxygen atoms in total. The summed E-state index contributed by atoms with van der Waals surface area (Å²) >= 11 is 0. The molecule has 25 heavy (non-hydrogen) atoms. The van der Waals surface area contributed by atoms with Gasteiger partial charge in [0.25, 0.3) is 0 Å². The van der Waals surface area contributed by atoms with Crippen molar-refractivity contribution in [1.82, 2.24) is 19.4 Å². The van der Waals surface area contributed by atoms with Crippen LogP contribution in [0.3, 0.4) is 0 Å². The van der Waals surface area contributed by atoms with E-state index in [1.54, 1.807) is 0 Å². The first kappa shape index (κ1) is 17.1. The minimum Gasteiger partial charge on any atom is -0.356 e. The number of hydrogen-bond acceptors (Lipinski definition) is 1. The molecule has 5 heteroatoms. The van der Waals surface area contributed by atoms with Crippen LogP contribution >= 0.6 is 0 Å². The van der Waals surface area contributed by atoms with Crippen molar-refractivity contribution in [3.05, 3.63) is 60.6 Å². The first-order valence-electron chi connectivity index (χ1n) is 8.75. The van der Waals surface area contributed by atoms with Crippen molar-refractivity contribution in [1.29, 1.82) is 0 Å². The van der Waals surface area contributed by atoms with Crippen molar-refractivity contribution in [2.24, 2.45) is 12.0 Å². The molecule has 0 saturated heterocycles. The molecule has 1 aromatic carbocycles. The van der Waals surface area contributed by atoms with Gasteiger partial charge in [-0.05, 0) is 36.1 Å². The van der Waals surface area contributed by atoms with E-state index in [4.69, 9.17) is 0 Å². The van der Waals surface area contributed by atoms with Gasteiger partial charge >= 0.3 is 0 Å². The summed E-state index contributed by atoms with van der Waals surface area (Å²) in [7, 11) is 5.98. The van der Waals surface area contributed by atoms with E-state index in [9.17, 15) is 0 Å². The Hall–Kier alpha value is -2.69. The molecule has 0 aliphatic heterocycles. The summed E-state index contributed by atoms with van der Waals surface area (Å²) in [6, 6.07) is 14.9. The highest BCUT2D eigenvalue weighted by Crippen LogP contribution is 2.15. The molecule has 0 unspecified atom stereocenters. The van der Waals surface area contributed by atoms with Crippen molar-refractivity contribution in [2.45, 2.75) is 19.5 Å². The van der Waals surface area contributed by atoms with Gasteiger partial charge in [0.05, 0.1) is 6.54 Å². The van der Waals surface area contributed by atoms with Crippen LogP contribution < -0.4 is 5.32 Å². The smallest absolute Gasteiger partial charge is 0.193 e. The van der Waals surface area contributed by atoms with Gasteiger partial charge in [0.2, 0.25) is 0 Å². The molecule has 3 rings (SSSR count). The van der Waals surface area contributed by atoms with Gasteiger partial charge in [-0.25, -0.2) is 0 Å². The van der Waals surface area contributed by atoms with E-state index in [2.05, 4.69) is 93.3 Å². The third-order valence-corrected chi connectivity index (χ3v) is 4.56. The predicted molar refractivity (Wildman–Crippen MR) is 105 cm³/mol. The van der Waals surface area contributed by atoms with Gasteiger partial charge in [-0.15, -0.1) is 0 Å². The van der Waals surface area contributed by atoms with Gasteiger partial charge in [-0.1, -0.05) is 18.2 Å². The Morgan fingerprint density at radius 1 is 1.12 bits per heavy atom. The minimum atomic E-state index is 0.839. The van der Waals surface area contributed by atoms with E-state index in [1.807, 2.05) is 7.05 Å². The molecular formula is C20H27N5. The number of guanidine groups is 1. The van der Waals surface area contributed by atoms with Crippen LogP contribution in [0.1, 0.15) is 12.1 Å². The standard InChI is InChI=1S/C20H27N5/c1-21-20(24(3)16-18-9-6-13-23(18)2)22-12-7-14-25-15-11-17-8-4-5-10-19(17)25/h4-6,8-11,13,15H,7,12,14,16H2,1-3H3,(H,21,22). The monoisotopic (exact) mass is 337 g/mol. The van der Waals surface area contributed by atoms with Crippen LogP contribution in [-0.4, -0.2) is 40.6 Å². The number of nitrogens with zero attached hydrogens (tertiary/aromatic N) is 4. The van der Waals surface area contributed by atoms with Crippen molar-refractivity contribution in [3.8, 4) is 0 Å². The molecule has 0 aliphatic rings. The van der Waals surface area contributed by atoms with Gasteiger partial charge in [0.1, 0.15) is 0 Å². The molecule has 0 spiro atoms. The van der Waals surface area contributed by atoms with Crippen LogP contribution in [-0.2, 0) is 20.1 Å². The van der Waals surface area contributed by atoms with Gasteiger partial charge in [-0.3, -0.25) is 4.99 Å². The highest BCUT2D eigenvalue weighted by Gasteiger charge is 2.08. The van der Waals surface area contributed by atoms with E-state index in [-0.39, 0.29) is 0 Å². The first-order chi connectivity index (χ1) is 12.2. The predicted octanol–water partition coefficient (Wildman–Crippen LogP) is 3.08. The molecule has 2 aromatic heterocycles. The maximum atomic E-state index is 4.40. The number of nitrogens with one attached hydrogen (secondary N) is 1. The van der Waals surface area contributed by atoms with E-state index >= 15 is 0 Å². The Kier molecular flexibility index (Phi) is 5.43. The Balaban J connectivity index is 1.49. The summed E-state index contributed by atoms with van der Waals surface area (Å²) in [5.41, 5.74) is 2.57. The molecule has 1 N–H and O–H groups in total. The van der Waals surface area contributed by atoms with E-state index in [1.165, 1.54) is 16.6 Å². The van der Waals surface area contributed by atoms with Gasteiger partial charge in [0.15, 0.2) is 5.96 Å². The lowest BCUT2D eigenvalue weighted by Crippen LogP contribution is -2.39. The van der Waals surface area contributed by atoms with E-state index in [0.29, 0.717) is 0 Å². The molecule has 132 valence electrons. The average Bonchev–Trinajstić information content (AvgIpc) is 3.21. The second kappa shape index (κ2) is 7.92. The Morgan fingerprint density at radius 3 is 2.72 bits per heavy atom.